The van der Waals surface area contributed by atoms with Gasteiger partial charge >= 0.3 is 12.1 Å². The van der Waals surface area contributed by atoms with E-state index in [1.807, 2.05) is 0 Å². The summed E-state index contributed by atoms with van der Waals surface area (Å²) in [4.78, 5) is 11.8. The first kappa shape index (κ1) is 16.2. The number of benzene rings is 2. The van der Waals surface area contributed by atoms with E-state index in [1.54, 1.807) is 18.2 Å². The number of aromatic hydroxyl groups is 1. The van der Waals surface area contributed by atoms with Crippen molar-refractivity contribution < 1.29 is 32.5 Å². The molecule has 1 N–H and O–H groups in total. The minimum Gasteiger partial charge on any atom is -0.507 e. The van der Waals surface area contributed by atoms with E-state index in [0.29, 0.717) is 16.9 Å². The molecule has 0 heterocycles. The predicted octanol–water partition coefficient (Wildman–Crippen LogP) is 3.78. The van der Waals surface area contributed by atoms with Gasteiger partial charge in [0.2, 0.25) is 0 Å². The fraction of sp³-hybridized carbons (Fsp3) is 0.235. The average molecular weight is 338 g/mol. The molecular weight excluding hydrogens is 325 g/mol. The van der Waals surface area contributed by atoms with E-state index in [-0.39, 0.29) is 17.5 Å². The number of halogens is 3. The number of ether oxygens (including phenoxy) is 2. The summed E-state index contributed by atoms with van der Waals surface area (Å²) in [6, 6.07) is 6.09. The molecule has 0 spiro atoms. The molecule has 0 unspecified atom stereocenters. The van der Waals surface area contributed by atoms with E-state index in [9.17, 15) is 23.1 Å². The molecule has 0 aromatic heterocycles. The molecule has 3 rings (SSSR count). The minimum atomic E-state index is -4.81. The number of methoxy groups -OCH3 is 2. The standard InChI is InChI=1S/C17H13F3O4/c1-23-9-3-4-10-8(5-9)6-12-11(10)7-13(21)14(16(22)24-2)15(12)17(18,19)20/h3-5,7,21H,6H2,1-2H3. The highest BCUT2D eigenvalue weighted by atomic mass is 19.4. The van der Waals surface area contributed by atoms with Crippen molar-refractivity contribution in [3.8, 4) is 22.6 Å². The second kappa shape index (κ2) is 5.43. The van der Waals surface area contributed by atoms with Crippen LogP contribution >= 0.6 is 0 Å². The van der Waals surface area contributed by atoms with E-state index < -0.39 is 29.0 Å². The molecule has 0 atom stereocenters. The molecular formula is C17H13F3O4. The molecule has 0 fully saturated rings. The van der Waals surface area contributed by atoms with Crippen molar-refractivity contribution >= 4 is 5.97 Å². The molecule has 24 heavy (non-hydrogen) atoms. The quantitative estimate of drug-likeness (QED) is 0.723. The summed E-state index contributed by atoms with van der Waals surface area (Å²) in [6.45, 7) is 0. The number of phenols is 1. The third-order valence-corrected chi connectivity index (χ3v) is 4.06. The lowest BCUT2D eigenvalue weighted by atomic mass is 9.94. The summed E-state index contributed by atoms with van der Waals surface area (Å²) >= 11 is 0. The number of carbonyl (C=O) groups excluding carboxylic acids is 1. The molecule has 7 heteroatoms. The number of hydrogen-bond donors (Lipinski definition) is 1. The highest BCUT2D eigenvalue weighted by Gasteiger charge is 2.42. The van der Waals surface area contributed by atoms with Crippen LogP contribution in [-0.4, -0.2) is 25.3 Å². The molecule has 1 aliphatic rings. The number of esters is 1. The van der Waals surface area contributed by atoms with Gasteiger partial charge in [0, 0.05) is 0 Å². The van der Waals surface area contributed by atoms with Gasteiger partial charge in [-0.3, -0.25) is 0 Å². The number of carbonyl (C=O) groups is 1. The lowest BCUT2D eigenvalue weighted by Gasteiger charge is -2.17. The Balaban J connectivity index is 2.30. The lowest BCUT2D eigenvalue weighted by molar-refractivity contribution is -0.138. The van der Waals surface area contributed by atoms with Crippen molar-refractivity contribution in [1.82, 2.24) is 0 Å². The summed E-state index contributed by atoms with van der Waals surface area (Å²) in [5.41, 5.74) is -0.601. The van der Waals surface area contributed by atoms with Crippen LogP contribution in [0.5, 0.6) is 11.5 Å². The highest BCUT2D eigenvalue weighted by molar-refractivity contribution is 5.97. The van der Waals surface area contributed by atoms with Gasteiger partial charge in [-0.25, -0.2) is 4.79 Å². The SMILES string of the molecule is COC(=O)c1c(O)cc2c(c1C(F)(F)F)Cc1cc(OC)ccc1-2. The Labute approximate surface area is 135 Å². The Kier molecular flexibility index (Phi) is 3.66. The van der Waals surface area contributed by atoms with Gasteiger partial charge in [-0.1, -0.05) is 6.07 Å². The van der Waals surface area contributed by atoms with E-state index in [1.165, 1.54) is 13.2 Å². The van der Waals surface area contributed by atoms with Gasteiger partial charge in [-0.05, 0) is 46.9 Å². The number of phenolic OH excluding ortho intramolecular Hbond substituents is 1. The Bertz CT molecular complexity index is 841. The molecule has 0 saturated carbocycles. The molecule has 0 amide bonds. The summed E-state index contributed by atoms with van der Waals surface area (Å²) in [5, 5.41) is 10.0. The number of rotatable bonds is 2. The third-order valence-electron chi connectivity index (χ3n) is 4.06. The molecule has 4 nitrogen and oxygen atoms in total. The second-order valence-electron chi connectivity index (χ2n) is 5.36. The van der Waals surface area contributed by atoms with Gasteiger partial charge in [-0.2, -0.15) is 13.2 Å². The topological polar surface area (TPSA) is 55.8 Å². The Hall–Kier alpha value is -2.70. The van der Waals surface area contributed by atoms with Crippen LogP contribution in [0.1, 0.15) is 27.0 Å². The largest absolute Gasteiger partial charge is 0.507 e. The van der Waals surface area contributed by atoms with Crippen LogP contribution in [0.15, 0.2) is 24.3 Å². The Morgan fingerprint density at radius 2 is 1.88 bits per heavy atom. The third kappa shape index (κ3) is 2.36. The van der Waals surface area contributed by atoms with Gasteiger partial charge in [0.05, 0.1) is 19.8 Å². The van der Waals surface area contributed by atoms with Crippen LogP contribution in [0, 0.1) is 0 Å². The van der Waals surface area contributed by atoms with Gasteiger partial charge in [-0.15, -0.1) is 0 Å². The Morgan fingerprint density at radius 1 is 1.17 bits per heavy atom. The molecule has 2 aromatic carbocycles. The van der Waals surface area contributed by atoms with Crippen molar-refractivity contribution in [3.63, 3.8) is 0 Å². The van der Waals surface area contributed by atoms with Crippen LogP contribution in [0.4, 0.5) is 13.2 Å². The first-order chi connectivity index (χ1) is 11.3. The first-order valence-corrected chi connectivity index (χ1v) is 6.99. The maximum atomic E-state index is 13.6. The monoisotopic (exact) mass is 338 g/mol. The fourth-order valence-electron chi connectivity index (χ4n) is 3.05. The zero-order valence-electron chi connectivity index (χ0n) is 12.8. The smallest absolute Gasteiger partial charge is 0.417 e. The van der Waals surface area contributed by atoms with E-state index in [2.05, 4.69) is 4.74 Å². The van der Waals surface area contributed by atoms with Crippen LogP contribution in [0.3, 0.4) is 0 Å². The molecule has 1 aliphatic carbocycles. The molecule has 2 aromatic rings. The molecule has 126 valence electrons. The first-order valence-electron chi connectivity index (χ1n) is 6.99. The number of fused-ring (bicyclic) bond motifs is 3. The highest BCUT2D eigenvalue weighted by Crippen LogP contribution is 2.48. The average Bonchev–Trinajstić information content (AvgIpc) is 2.88. The predicted molar refractivity (Wildman–Crippen MR) is 79.2 cm³/mol. The van der Waals surface area contributed by atoms with Crippen molar-refractivity contribution in [1.29, 1.82) is 0 Å². The summed E-state index contributed by atoms with van der Waals surface area (Å²) < 4.78 is 50.3. The summed E-state index contributed by atoms with van der Waals surface area (Å²) in [5.74, 6) is -1.46. The van der Waals surface area contributed by atoms with Crippen molar-refractivity contribution in [3.05, 3.63) is 46.5 Å². The summed E-state index contributed by atoms with van der Waals surface area (Å²) in [7, 11) is 2.43. The number of alkyl halides is 3. The second-order valence-corrected chi connectivity index (χ2v) is 5.36. The zero-order chi connectivity index (χ0) is 17.6. The maximum Gasteiger partial charge on any atom is 0.417 e. The van der Waals surface area contributed by atoms with Crippen molar-refractivity contribution in [2.24, 2.45) is 0 Å². The van der Waals surface area contributed by atoms with E-state index in [4.69, 9.17) is 4.74 Å². The fourth-order valence-corrected chi connectivity index (χ4v) is 3.05. The van der Waals surface area contributed by atoms with Gasteiger partial charge in [0.15, 0.2) is 0 Å². The maximum absolute atomic E-state index is 13.6. The van der Waals surface area contributed by atoms with Crippen LogP contribution < -0.4 is 4.74 Å². The normalized spacial score (nSPS) is 12.5. The summed E-state index contributed by atoms with van der Waals surface area (Å²) in [6.07, 6.45) is -4.82. The van der Waals surface area contributed by atoms with Gasteiger partial charge < -0.3 is 14.6 Å². The van der Waals surface area contributed by atoms with Crippen LogP contribution in [-0.2, 0) is 17.3 Å². The molecule has 0 radical (unpaired) electrons. The molecule has 0 bridgehead atoms. The minimum absolute atomic E-state index is 0.0129. The Morgan fingerprint density at radius 3 is 2.46 bits per heavy atom. The molecule has 0 saturated heterocycles. The van der Waals surface area contributed by atoms with Crippen LogP contribution in [0.2, 0.25) is 0 Å². The zero-order valence-corrected chi connectivity index (χ0v) is 12.8. The van der Waals surface area contributed by atoms with Crippen LogP contribution in [0.25, 0.3) is 11.1 Å². The van der Waals surface area contributed by atoms with Gasteiger partial charge in [0.1, 0.15) is 17.1 Å². The van der Waals surface area contributed by atoms with Crippen molar-refractivity contribution in [2.75, 3.05) is 14.2 Å². The van der Waals surface area contributed by atoms with Gasteiger partial charge in [0.25, 0.3) is 0 Å². The van der Waals surface area contributed by atoms with Crippen molar-refractivity contribution in [2.45, 2.75) is 12.6 Å². The molecule has 0 aliphatic heterocycles. The van der Waals surface area contributed by atoms with E-state index >= 15 is 0 Å². The van der Waals surface area contributed by atoms with E-state index in [0.717, 1.165) is 7.11 Å². The number of hydrogen-bond acceptors (Lipinski definition) is 4. The lowest BCUT2D eigenvalue weighted by Crippen LogP contribution is -2.17.